The van der Waals surface area contributed by atoms with Crippen molar-refractivity contribution in [2.45, 2.75) is 90.5 Å². The molecular formula is C67H67N3. The van der Waals surface area contributed by atoms with Crippen LogP contribution in [0.25, 0.3) is 11.1 Å². The van der Waals surface area contributed by atoms with Crippen molar-refractivity contribution in [2.24, 2.45) is 17.8 Å². The van der Waals surface area contributed by atoms with Gasteiger partial charge in [0, 0.05) is 45.5 Å². The molecule has 0 aliphatic heterocycles. The van der Waals surface area contributed by atoms with Crippen molar-refractivity contribution in [2.75, 3.05) is 9.80 Å². The lowest BCUT2D eigenvalue weighted by Gasteiger charge is -2.41. The van der Waals surface area contributed by atoms with Gasteiger partial charge in [-0.1, -0.05) is 177 Å². The van der Waals surface area contributed by atoms with Gasteiger partial charge in [-0.2, -0.15) is 0 Å². The lowest BCUT2D eigenvalue weighted by molar-refractivity contribution is 0.327. The average molecular weight is 914 g/mol. The SMILES string of the molecule is CC1C=C(N(C2=CCC(C3=CC=C(N(C4=CC=C(C5=CC=CC5)CC4)c4ccc(-c5ccccc5)cc4)CC3C)CC2)C2C=CC(C3=CC=CCC3)=CC2)C=C(N(c2ccccc2)c2ccccc2)C1. The van der Waals surface area contributed by atoms with Crippen molar-refractivity contribution < 1.29 is 0 Å². The van der Waals surface area contributed by atoms with Crippen LogP contribution in [-0.2, 0) is 0 Å². The molecule has 3 heteroatoms. The molecule has 4 unspecified atom stereocenters. The third-order valence-corrected chi connectivity index (χ3v) is 15.5. The minimum Gasteiger partial charge on any atom is -0.338 e. The first-order chi connectivity index (χ1) is 34.5. The number of rotatable bonds is 13. The summed E-state index contributed by atoms with van der Waals surface area (Å²) in [5.74, 6) is 1.37. The van der Waals surface area contributed by atoms with E-state index in [0.29, 0.717) is 17.8 Å². The van der Waals surface area contributed by atoms with Gasteiger partial charge in [0.15, 0.2) is 0 Å². The van der Waals surface area contributed by atoms with E-state index in [9.17, 15) is 0 Å². The summed E-state index contributed by atoms with van der Waals surface area (Å²) < 4.78 is 0. The molecule has 0 saturated heterocycles. The molecule has 4 aromatic carbocycles. The summed E-state index contributed by atoms with van der Waals surface area (Å²) in [5.41, 5.74) is 20.5. The van der Waals surface area contributed by atoms with Gasteiger partial charge in [-0.15, -0.1) is 0 Å². The normalized spacial score (nSPS) is 23.1. The average Bonchev–Trinajstić information content (AvgIpc) is 3.97. The van der Waals surface area contributed by atoms with Crippen LogP contribution in [0.2, 0.25) is 0 Å². The zero-order chi connectivity index (χ0) is 47.2. The molecule has 7 aliphatic carbocycles. The van der Waals surface area contributed by atoms with E-state index < -0.39 is 0 Å². The summed E-state index contributed by atoms with van der Waals surface area (Å²) in [7, 11) is 0. The molecule has 350 valence electrons. The largest absolute Gasteiger partial charge is 0.338 e. The van der Waals surface area contributed by atoms with Gasteiger partial charge in [0.05, 0.1) is 6.04 Å². The Morgan fingerprint density at radius 2 is 1.21 bits per heavy atom. The molecule has 0 aromatic heterocycles. The number of allylic oxidation sites excluding steroid dienone is 23. The van der Waals surface area contributed by atoms with E-state index in [4.69, 9.17) is 0 Å². The highest BCUT2D eigenvalue weighted by atomic mass is 15.2. The van der Waals surface area contributed by atoms with Crippen LogP contribution in [0.3, 0.4) is 0 Å². The van der Waals surface area contributed by atoms with E-state index in [-0.39, 0.29) is 6.04 Å². The maximum absolute atomic E-state index is 2.73. The third kappa shape index (κ3) is 9.86. The number of para-hydroxylation sites is 2. The molecule has 0 spiro atoms. The van der Waals surface area contributed by atoms with E-state index in [0.717, 1.165) is 70.6 Å². The fraction of sp³-hybridized carbons (Fsp3) is 0.254. The van der Waals surface area contributed by atoms with Crippen LogP contribution < -0.4 is 9.80 Å². The molecule has 0 N–H and O–H groups in total. The Hall–Kier alpha value is -7.10. The summed E-state index contributed by atoms with van der Waals surface area (Å²) in [5, 5.41) is 0. The monoisotopic (exact) mass is 914 g/mol. The second-order valence-electron chi connectivity index (χ2n) is 20.3. The second-order valence-corrected chi connectivity index (χ2v) is 20.3. The van der Waals surface area contributed by atoms with E-state index >= 15 is 0 Å². The van der Waals surface area contributed by atoms with Crippen molar-refractivity contribution in [1.29, 1.82) is 0 Å². The maximum atomic E-state index is 2.73. The summed E-state index contributed by atoms with van der Waals surface area (Å²) in [6, 6.07) is 42.1. The molecule has 4 atom stereocenters. The predicted octanol–water partition coefficient (Wildman–Crippen LogP) is 17.7. The van der Waals surface area contributed by atoms with Crippen LogP contribution in [0, 0.1) is 17.8 Å². The summed E-state index contributed by atoms with van der Waals surface area (Å²) in [6.07, 6.45) is 50.2. The minimum atomic E-state index is 0.250. The Kier molecular flexibility index (Phi) is 13.5. The molecule has 70 heavy (non-hydrogen) atoms. The fourth-order valence-corrected chi connectivity index (χ4v) is 12.0. The molecule has 4 aromatic rings. The van der Waals surface area contributed by atoms with Gasteiger partial charge in [-0.25, -0.2) is 0 Å². The third-order valence-electron chi connectivity index (χ3n) is 15.5. The number of hydrogen-bond donors (Lipinski definition) is 0. The Balaban J connectivity index is 0.893. The van der Waals surface area contributed by atoms with Crippen LogP contribution in [-0.4, -0.2) is 10.9 Å². The Bertz CT molecular complexity index is 2940. The molecular weight excluding hydrogens is 847 g/mol. The second kappa shape index (κ2) is 20.9. The highest BCUT2D eigenvalue weighted by Crippen LogP contribution is 2.45. The standard InChI is InChI=1S/C67H67N3/c1-49-45-65(69(58-23-11-5-12-24-58)59-25-13-6-14-26-59)48-66(46-49)70(62-39-31-55(32-40-62)52-19-9-4-10-20-52)63-41-33-57(34-42-63)67-44-43-64(47-50(67)2)68(61-37-29-56(30-38-61)53-21-15-16-22-53)60-35-27-54(28-36-60)51-17-7-3-8-18-51/h3-9,11-19,21,23-29,31-32,35-37,39,41,43-44,46,48-50,57,62H,10,20,22,30,33-34,38,40,42,45,47H2,1-2H3. The topological polar surface area (TPSA) is 9.72 Å². The van der Waals surface area contributed by atoms with E-state index in [1.165, 1.54) is 79.0 Å². The van der Waals surface area contributed by atoms with Crippen molar-refractivity contribution in [1.82, 2.24) is 4.90 Å². The molecule has 0 bridgehead atoms. The van der Waals surface area contributed by atoms with E-state index in [2.05, 4.69) is 241 Å². The first-order valence-corrected chi connectivity index (χ1v) is 26.2. The van der Waals surface area contributed by atoms with Gasteiger partial charge in [-0.05, 0) is 176 Å². The minimum absolute atomic E-state index is 0.250. The van der Waals surface area contributed by atoms with Crippen molar-refractivity contribution in [3.63, 3.8) is 0 Å². The van der Waals surface area contributed by atoms with Gasteiger partial charge in [0.1, 0.15) is 0 Å². The Morgan fingerprint density at radius 3 is 1.84 bits per heavy atom. The lowest BCUT2D eigenvalue weighted by Crippen LogP contribution is -2.36. The molecule has 0 amide bonds. The highest BCUT2D eigenvalue weighted by molar-refractivity contribution is 5.71. The molecule has 0 saturated carbocycles. The van der Waals surface area contributed by atoms with Gasteiger partial charge in [0.25, 0.3) is 0 Å². The molecule has 0 radical (unpaired) electrons. The summed E-state index contributed by atoms with van der Waals surface area (Å²) in [6.45, 7) is 4.88. The molecule has 11 rings (SSSR count). The number of benzene rings is 4. The highest BCUT2D eigenvalue weighted by Gasteiger charge is 2.33. The number of hydrogen-bond acceptors (Lipinski definition) is 3. The molecule has 0 heterocycles. The Morgan fingerprint density at radius 1 is 0.514 bits per heavy atom. The summed E-state index contributed by atoms with van der Waals surface area (Å²) >= 11 is 0. The fourth-order valence-electron chi connectivity index (χ4n) is 12.0. The van der Waals surface area contributed by atoms with Crippen LogP contribution in [0.1, 0.15) is 84.5 Å². The van der Waals surface area contributed by atoms with Gasteiger partial charge >= 0.3 is 0 Å². The van der Waals surface area contributed by atoms with Crippen LogP contribution in [0.4, 0.5) is 17.1 Å². The first kappa shape index (κ1) is 45.3. The lowest BCUT2D eigenvalue weighted by atomic mass is 9.76. The van der Waals surface area contributed by atoms with E-state index in [1.807, 2.05) is 0 Å². The maximum Gasteiger partial charge on any atom is 0.0556 e. The molecule has 3 nitrogen and oxygen atoms in total. The quantitative estimate of drug-likeness (QED) is 0.132. The zero-order valence-corrected chi connectivity index (χ0v) is 41.1. The van der Waals surface area contributed by atoms with Gasteiger partial charge in [-0.3, -0.25) is 0 Å². The smallest absolute Gasteiger partial charge is 0.0556 e. The van der Waals surface area contributed by atoms with Crippen molar-refractivity contribution >= 4 is 17.1 Å². The zero-order valence-electron chi connectivity index (χ0n) is 41.1. The summed E-state index contributed by atoms with van der Waals surface area (Å²) in [4.78, 5) is 7.80. The molecule has 0 fully saturated rings. The van der Waals surface area contributed by atoms with Crippen molar-refractivity contribution in [3.8, 4) is 11.1 Å². The Labute approximate surface area is 418 Å². The van der Waals surface area contributed by atoms with Crippen LogP contribution in [0.15, 0.2) is 269 Å². The van der Waals surface area contributed by atoms with Gasteiger partial charge < -0.3 is 14.7 Å². The number of anilines is 3. The van der Waals surface area contributed by atoms with E-state index in [1.54, 1.807) is 5.57 Å². The molecule has 7 aliphatic rings. The van der Waals surface area contributed by atoms with Crippen molar-refractivity contribution in [3.05, 3.63) is 269 Å². The predicted molar refractivity (Wildman–Crippen MR) is 296 cm³/mol. The van der Waals surface area contributed by atoms with Gasteiger partial charge in [0.2, 0.25) is 0 Å². The first-order valence-electron chi connectivity index (χ1n) is 26.2. The van der Waals surface area contributed by atoms with Crippen LogP contribution >= 0.6 is 0 Å². The van der Waals surface area contributed by atoms with Crippen LogP contribution in [0.5, 0.6) is 0 Å². The number of nitrogens with zero attached hydrogens (tertiary/aromatic N) is 3.